The molecule has 0 amide bonds. The third kappa shape index (κ3) is 4.20. The monoisotopic (exact) mass is 552 g/mol. The summed E-state index contributed by atoms with van der Waals surface area (Å²) >= 11 is 7.07. The van der Waals surface area contributed by atoms with Crippen molar-refractivity contribution < 1.29 is 14.3 Å². The summed E-state index contributed by atoms with van der Waals surface area (Å²) in [7, 11) is 0. The molecule has 2 heterocycles. The molecule has 2 aliphatic heterocycles. The van der Waals surface area contributed by atoms with Crippen LogP contribution in [0.15, 0.2) is 91.0 Å². The number of rotatable bonds is 9. The zero-order valence-corrected chi connectivity index (χ0v) is 23.7. The van der Waals surface area contributed by atoms with E-state index in [2.05, 4.69) is 18.7 Å². The zero-order valence-electron chi connectivity index (χ0n) is 22.9. The number of benzene rings is 4. The smallest absolute Gasteiger partial charge is 0.342 e. The molecule has 204 valence electrons. The van der Waals surface area contributed by atoms with E-state index in [1.165, 1.54) is 0 Å². The molecule has 0 aromatic heterocycles. The molecule has 2 aliphatic rings. The summed E-state index contributed by atoms with van der Waals surface area (Å²) < 4.78 is 14.5. The second-order valence-electron chi connectivity index (χ2n) is 10.3. The van der Waals surface area contributed by atoms with E-state index in [-0.39, 0.29) is 5.97 Å². The molecule has 0 atom stereocenters. The molecule has 0 saturated carbocycles. The number of anilines is 3. The first-order valence-electron chi connectivity index (χ1n) is 14.1. The highest BCUT2D eigenvalue weighted by atomic mass is 35.5. The number of hydrogen-bond donors (Lipinski definition) is 0. The molecule has 0 bridgehead atoms. The minimum Gasteiger partial charge on any atom is -0.456 e. The Morgan fingerprint density at radius 3 is 1.90 bits per heavy atom. The van der Waals surface area contributed by atoms with Gasteiger partial charge in [0.15, 0.2) is 5.60 Å². The van der Waals surface area contributed by atoms with Crippen LogP contribution < -0.4 is 14.1 Å². The largest absolute Gasteiger partial charge is 0.456 e. The third-order valence-corrected chi connectivity index (χ3v) is 8.19. The van der Waals surface area contributed by atoms with Gasteiger partial charge >= 0.3 is 5.97 Å². The number of carbonyl (C=O) groups is 1. The summed E-state index contributed by atoms with van der Waals surface area (Å²) in [5.74, 6) is 1.02. The first kappa shape index (κ1) is 26.3. The molecule has 40 heavy (non-hydrogen) atoms. The summed E-state index contributed by atoms with van der Waals surface area (Å²) in [6, 6.07) is 29.5. The van der Waals surface area contributed by atoms with Gasteiger partial charge in [-0.25, -0.2) is 4.79 Å². The molecule has 6 rings (SSSR count). The van der Waals surface area contributed by atoms with Crippen molar-refractivity contribution in [2.75, 3.05) is 22.4 Å². The van der Waals surface area contributed by atoms with Gasteiger partial charge in [-0.05, 0) is 43.2 Å². The molecule has 5 nitrogen and oxygen atoms in total. The Morgan fingerprint density at radius 1 is 0.725 bits per heavy atom. The maximum Gasteiger partial charge on any atom is 0.342 e. The van der Waals surface area contributed by atoms with Crippen LogP contribution in [0.25, 0.3) is 0 Å². The second kappa shape index (κ2) is 10.9. The highest BCUT2D eigenvalue weighted by Gasteiger charge is 2.55. The molecule has 0 fully saturated rings. The first-order chi connectivity index (χ1) is 19.6. The first-order valence-corrected chi connectivity index (χ1v) is 14.5. The van der Waals surface area contributed by atoms with Gasteiger partial charge in [-0.1, -0.05) is 87.4 Å². The van der Waals surface area contributed by atoms with Gasteiger partial charge in [0, 0.05) is 41.6 Å². The molecule has 1 spiro atoms. The Hall–Kier alpha value is -3.96. The number of esters is 1. The quantitative estimate of drug-likeness (QED) is 0.153. The second-order valence-corrected chi connectivity index (χ2v) is 10.7. The lowest BCUT2D eigenvalue weighted by Crippen LogP contribution is -2.33. The number of ether oxygens (including phenoxy) is 2. The molecular formula is C34H33ClN2O3. The SMILES string of the molecule is CCCCN(CCCC)c1c(N(Cl)c2ccccc2)ccc2c1C(=O)OC21c2ccccc2Oc2ccccc21. The molecule has 0 unspecified atom stereocenters. The molecule has 4 aromatic carbocycles. The summed E-state index contributed by atoms with van der Waals surface area (Å²) in [5, 5.41) is 0. The van der Waals surface area contributed by atoms with Crippen molar-refractivity contribution in [2.24, 2.45) is 0 Å². The summed E-state index contributed by atoms with van der Waals surface area (Å²) in [6.45, 7) is 6.00. The van der Waals surface area contributed by atoms with Gasteiger partial charge in [-0.15, -0.1) is 0 Å². The standard InChI is InChI=1S/C34H33ClN2O3/c1-3-5-22-36(23-6-4-2)32-28(37(35)24-14-8-7-9-15-24)21-20-27-31(32)33(38)40-34(27)25-16-10-12-18-29(25)39-30-19-13-11-17-26(30)34/h7-21H,3-6,22-23H2,1-2H3. The topological polar surface area (TPSA) is 42.0 Å². The summed E-state index contributed by atoms with van der Waals surface area (Å²) in [6.07, 6.45) is 4.09. The van der Waals surface area contributed by atoms with Gasteiger partial charge in [-0.2, -0.15) is 0 Å². The van der Waals surface area contributed by atoms with Gasteiger partial charge < -0.3 is 14.4 Å². The number of carbonyl (C=O) groups excluding carboxylic acids is 1. The number of para-hydroxylation sites is 3. The van der Waals surface area contributed by atoms with Crippen LogP contribution in [0.5, 0.6) is 11.5 Å². The summed E-state index contributed by atoms with van der Waals surface area (Å²) in [5.41, 5.74) is 4.32. The average molecular weight is 553 g/mol. The highest BCUT2D eigenvalue weighted by molar-refractivity contribution is 6.30. The predicted molar refractivity (Wildman–Crippen MR) is 161 cm³/mol. The van der Waals surface area contributed by atoms with E-state index in [9.17, 15) is 4.79 Å². The minimum absolute atomic E-state index is 0.352. The molecule has 6 heteroatoms. The molecular weight excluding hydrogens is 520 g/mol. The van der Waals surface area contributed by atoms with E-state index in [0.29, 0.717) is 17.1 Å². The van der Waals surface area contributed by atoms with E-state index in [0.717, 1.165) is 72.5 Å². The van der Waals surface area contributed by atoms with Gasteiger partial charge in [-0.3, -0.25) is 4.42 Å². The Labute approximate surface area is 241 Å². The maximum absolute atomic E-state index is 14.2. The van der Waals surface area contributed by atoms with Crippen LogP contribution in [0.2, 0.25) is 0 Å². The van der Waals surface area contributed by atoms with Crippen molar-refractivity contribution >= 4 is 34.8 Å². The number of unbranched alkanes of at least 4 members (excludes halogenated alkanes) is 2. The normalized spacial score (nSPS) is 14.1. The third-order valence-electron chi connectivity index (χ3n) is 7.81. The Kier molecular flexibility index (Phi) is 7.16. The molecule has 4 aromatic rings. The lowest BCUT2D eigenvalue weighted by atomic mass is 9.77. The van der Waals surface area contributed by atoms with Gasteiger partial charge in [0.1, 0.15) is 11.5 Å². The predicted octanol–water partition coefficient (Wildman–Crippen LogP) is 8.95. The van der Waals surface area contributed by atoms with Crippen molar-refractivity contribution in [3.63, 3.8) is 0 Å². The Morgan fingerprint density at radius 2 is 1.30 bits per heavy atom. The van der Waals surface area contributed by atoms with Crippen molar-refractivity contribution in [1.82, 2.24) is 0 Å². The number of nitrogens with zero attached hydrogens (tertiary/aromatic N) is 2. The fourth-order valence-electron chi connectivity index (χ4n) is 5.89. The van der Waals surface area contributed by atoms with E-state index in [1.54, 1.807) is 4.42 Å². The number of fused-ring (bicyclic) bond motifs is 6. The fourth-order valence-corrected chi connectivity index (χ4v) is 6.14. The van der Waals surface area contributed by atoms with Crippen molar-refractivity contribution in [2.45, 2.75) is 45.1 Å². The van der Waals surface area contributed by atoms with E-state index >= 15 is 0 Å². The lowest BCUT2D eigenvalue weighted by Gasteiger charge is -2.37. The lowest BCUT2D eigenvalue weighted by molar-refractivity contribution is 0.0224. The minimum atomic E-state index is -1.11. The van der Waals surface area contributed by atoms with Crippen molar-refractivity contribution in [1.29, 1.82) is 0 Å². The fraction of sp³-hybridized carbons (Fsp3) is 0.265. The zero-order chi connectivity index (χ0) is 27.7. The molecule has 0 N–H and O–H groups in total. The maximum atomic E-state index is 14.2. The number of hydrogen-bond acceptors (Lipinski definition) is 5. The van der Waals surface area contributed by atoms with Crippen LogP contribution in [0.4, 0.5) is 17.1 Å². The highest BCUT2D eigenvalue weighted by Crippen LogP contribution is 2.58. The molecule has 0 saturated heterocycles. The van der Waals surface area contributed by atoms with Crippen LogP contribution in [0.3, 0.4) is 0 Å². The van der Waals surface area contributed by atoms with E-state index in [1.807, 2.05) is 91.0 Å². The molecule has 0 aliphatic carbocycles. The molecule has 0 radical (unpaired) electrons. The van der Waals surface area contributed by atoms with Crippen molar-refractivity contribution in [3.05, 3.63) is 113 Å². The van der Waals surface area contributed by atoms with Gasteiger partial charge in [0.25, 0.3) is 0 Å². The van der Waals surface area contributed by atoms with Crippen LogP contribution in [-0.4, -0.2) is 19.1 Å². The van der Waals surface area contributed by atoms with Crippen LogP contribution in [-0.2, 0) is 10.3 Å². The van der Waals surface area contributed by atoms with Gasteiger partial charge in [0.05, 0.1) is 22.6 Å². The summed E-state index contributed by atoms with van der Waals surface area (Å²) in [4.78, 5) is 16.5. The number of halogens is 1. The van der Waals surface area contributed by atoms with Crippen LogP contribution in [0, 0.1) is 0 Å². The van der Waals surface area contributed by atoms with Crippen LogP contribution in [0.1, 0.15) is 66.6 Å². The van der Waals surface area contributed by atoms with E-state index < -0.39 is 5.60 Å². The van der Waals surface area contributed by atoms with E-state index in [4.69, 9.17) is 21.3 Å². The Balaban J connectivity index is 1.63. The van der Waals surface area contributed by atoms with Crippen LogP contribution >= 0.6 is 11.8 Å². The average Bonchev–Trinajstić information content (AvgIpc) is 3.29. The Bertz CT molecular complexity index is 1480. The van der Waals surface area contributed by atoms with Crippen molar-refractivity contribution in [3.8, 4) is 11.5 Å². The van der Waals surface area contributed by atoms with Gasteiger partial charge in [0.2, 0.25) is 0 Å².